The van der Waals surface area contributed by atoms with E-state index in [-0.39, 0.29) is 29.7 Å². The molecule has 2 amide bonds. The number of fused-ring (bicyclic) bond motifs is 1. The summed E-state index contributed by atoms with van der Waals surface area (Å²) in [5.74, 6) is 1.28. The van der Waals surface area contributed by atoms with E-state index in [1.54, 1.807) is 38.1 Å². The van der Waals surface area contributed by atoms with Crippen LogP contribution in [0.25, 0.3) is 0 Å². The van der Waals surface area contributed by atoms with E-state index in [9.17, 15) is 14.4 Å². The van der Waals surface area contributed by atoms with Gasteiger partial charge in [-0.1, -0.05) is 26.0 Å². The number of benzene rings is 2. The van der Waals surface area contributed by atoms with Crippen molar-refractivity contribution in [1.82, 2.24) is 9.80 Å². The van der Waals surface area contributed by atoms with Gasteiger partial charge >= 0.3 is 6.09 Å². The van der Waals surface area contributed by atoms with Gasteiger partial charge in [0.2, 0.25) is 11.7 Å². The molecule has 2 heterocycles. The molecule has 3 aliphatic rings. The van der Waals surface area contributed by atoms with E-state index in [1.807, 2.05) is 41.3 Å². The summed E-state index contributed by atoms with van der Waals surface area (Å²) in [5.41, 5.74) is 3.58. The molecule has 1 unspecified atom stereocenters. The monoisotopic (exact) mass is 606 g/mol. The predicted molar refractivity (Wildman–Crippen MR) is 166 cm³/mol. The number of amides is 2. The Labute approximate surface area is 258 Å². The highest BCUT2D eigenvalue weighted by Crippen LogP contribution is 2.50. The second-order valence-corrected chi connectivity index (χ2v) is 12.0. The van der Waals surface area contributed by atoms with E-state index in [0.717, 1.165) is 22.6 Å². The Kier molecular flexibility index (Phi) is 8.94. The smallest absolute Gasteiger partial charge is 0.409 e. The summed E-state index contributed by atoms with van der Waals surface area (Å²) >= 11 is 0. The fourth-order valence-electron chi connectivity index (χ4n) is 6.43. The van der Waals surface area contributed by atoms with Crippen molar-refractivity contribution in [2.45, 2.75) is 39.7 Å². The highest BCUT2D eigenvalue weighted by Gasteiger charge is 2.43. The van der Waals surface area contributed by atoms with Crippen molar-refractivity contribution >= 4 is 29.2 Å². The summed E-state index contributed by atoms with van der Waals surface area (Å²) in [7, 11) is 4.66. The molecule has 5 rings (SSSR count). The molecule has 0 spiro atoms. The molecular formula is C33H42N4O7. The lowest BCUT2D eigenvalue weighted by molar-refractivity contribution is -0.131. The molecule has 1 saturated heterocycles. The van der Waals surface area contributed by atoms with Crippen LogP contribution < -0.4 is 24.4 Å². The quantitative estimate of drug-likeness (QED) is 0.483. The topological polar surface area (TPSA) is 110 Å². The third-order valence-electron chi connectivity index (χ3n) is 8.47. The van der Waals surface area contributed by atoms with Gasteiger partial charge in [0.05, 0.1) is 51.9 Å². The van der Waals surface area contributed by atoms with Crippen LogP contribution in [0.2, 0.25) is 0 Å². The van der Waals surface area contributed by atoms with Crippen LogP contribution in [0.3, 0.4) is 0 Å². The van der Waals surface area contributed by atoms with Gasteiger partial charge in [-0.15, -0.1) is 0 Å². The standard InChI is InChI=1S/C33H42N4O7/c1-7-44-32(40)36-14-12-35(13-15-36)28(39)20-37-24-11-9-8-10-22(24)34-23-18-33(2,3)19-25(38)29(23)30(37)21-16-26(41-4)31(43-6)27(17-21)42-5/h8-11,16-17,30,34H,7,12-15,18-20H2,1-6H3. The number of nitrogens with one attached hydrogen (secondary N) is 1. The molecule has 11 nitrogen and oxygen atoms in total. The Morgan fingerprint density at radius 2 is 1.57 bits per heavy atom. The maximum Gasteiger partial charge on any atom is 0.409 e. The zero-order valence-electron chi connectivity index (χ0n) is 26.4. The van der Waals surface area contributed by atoms with E-state index in [2.05, 4.69) is 19.2 Å². The first-order valence-corrected chi connectivity index (χ1v) is 15.0. The van der Waals surface area contributed by atoms with E-state index in [4.69, 9.17) is 18.9 Å². The number of rotatable bonds is 7. The Balaban J connectivity index is 1.61. The van der Waals surface area contributed by atoms with Crippen molar-refractivity contribution in [3.8, 4) is 17.2 Å². The third-order valence-corrected chi connectivity index (χ3v) is 8.47. The van der Waals surface area contributed by atoms with Crippen molar-refractivity contribution in [2.24, 2.45) is 5.41 Å². The largest absolute Gasteiger partial charge is 0.493 e. The van der Waals surface area contributed by atoms with Gasteiger partial charge in [0.25, 0.3) is 0 Å². The van der Waals surface area contributed by atoms with Crippen molar-refractivity contribution < 1.29 is 33.3 Å². The molecule has 236 valence electrons. The van der Waals surface area contributed by atoms with Gasteiger partial charge in [-0.05, 0) is 48.6 Å². The Hall–Kier alpha value is -4.41. The van der Waals surface area contributed by atoms with Crippen LogP contribution in [0.5, 0.6) is 17.2 Å². The fraction of sp³-hybridized carbons (Fsp3) is 0.485. The number of carbonyl (C=O) groups excluding carboxylic acids is 3. The van der Waals surface area contributed by atoms with Crippen LogP contribution in [-0.4, -0.2) is 88.2 Å². The number of nitrogens with zero attached hydrogens (tertiary/aromatic N) is 3. The van der Waals surface area contributed by atoms with Crippen molar-refractivity contribution in [3.63, 3.8) is 0 Å². The molecular weight excluding hydrogens is 564 g/mol. The molecule has 0 saturated carbocycles. The number of ether oxygens (including phenoxy) is 4. The van der Waals surface area contributed by atoms with Crippen LogP contribution in [0.15, 0.2) is 47.7 Å². The molecule has 0 aromatic heterocycles. The van der Waals surface area contributed by atoms with Crippen molar-refractivity contribution in [1.29, 1.82) is 0 Å². The molecule has 1 aliphatic carbocycles. The summed E-state index contributed by atoms with van der Waals surface area (Å²) in [5, 5.41) is 3.59. The second-order valence-electron chi connectivity index (χ2n) is 12.0. The first kappa shape index (κ1) is 31.0. The zero-order chi connectivity index (χ0) is 31.6. The maximum atomic E-state index is 14.1. The van der Waals surface area contributed by atoms with Gasteiger partial charge in [0.1, 0.15) is 0 Å². The van der Waals surface area contributed by atoms with Crippen LogP contribution >= 0.6 is 0 Å². The van der Waals surface area contributed by atoms with Gasteiger partial charge in [-0.2, -0.15) is 0 Å². The number of Topliss-reactive ketones (excluding diaryl/α,β-unsaturated/α-hetero) is 1. The van der Waals surface area contributed by atoms with Crippen LogP contribution in [0.4, 0.5) is 16.2 Å². The van der Waals surface area contributed by atoms with Crippen molar-refractivity contribution in [2.75, 3.05) is 70.9 Å². The second kappa shape index (κ2) is 12.7. The lowest BCUT2D eigenvalue weighted by Crippen LogP contribution is -2.53. The highest BCUT2D eigenvalue weighted by atomic mass is 16.6. The molecule has 2 aromatic rings. The van der Waals surface area contributed by atoms with Gasteiger partial charge < -0.3 is 39.0 Å². The number of carbonyl (C=O) groups is 3. The molecule has 1 N–H and O–H groups in total. The molecule has 11 heteroatoms. The van der Waals surface area contributed by atoms with E-state index in [0.29, 0.717) is 68.4 Å². The van der Waals surface area contributed by atoms with Gasteiger partial charge in [-0.25, -0.2) is 4.79 Å². The van der Waals surface area contributed by atoms with Crippen molar-refractivity contribution in [3.05, 3.63) is 53.2 Å². The Morgan fingerprint density at radius 1 is 0.932 bits per heavy atom. The molecule has 0 bridgehead atoms. The number of hydrogen-bond donors (Lipinski definition) is 1. The van der Waals surface area contributed by atoms with Crippen LogP contribution in [-0.2, 0) is 14.3 Å². The van der Waals surface area contributed by atoms with E-state index < -0.39 is 6.04 Å². The predicted octanol–water partition coefficient (Wildman–Crippen LogP) is 4.63. The first-order valence-electron chi connectivity index (χ1n) is 15.0. The van der Waals surface area contributed by atoms with E-state index >= 15 is 0 Å². The maximum absolute atomic E-state index is 14.1. The Bertz CT molecular complexity index is 1440. The lowest BCUT2D eigenvalue weighted by atomic mass is 9.73. The fourth-order valence-corrected chi connectivity index (χ4v) is 6.43. The SMILES string of the molecule is CCOC(=O)N1CCN(C(=O)CN2c3ccccc3NC3=C(C(=O)CC(C)(C)C3)C2c2cc(OC)c(OC)c(OC)c2)CC1. The summed E-state index contributed by atoms with van der Waals surface area (Å²) in [4.78, 5) is 45.7. The minimum absolute atomic E-state index is 0.00682. The average Bonchev–Trinajstić information content (AvgIpc) is 3.14. The number of anilines is 2. The molecule has 2 aliphatic heterocycles. The number of allylic oxidation sites excluding steroid dienone is 1. The van der Waals surface area contributed by atoms with Gasteiger partial charge in [0.15, 0.2) is 17.3 Å². The number of hydrogen-bond acceptors (Lipinski definition) is 9. The Morgan fingerprint density at radius 3 is 2.18 bits per heavy atom. The summed E-state index contributed by atoms with van der Waals surface area (Å²) in [6.45, 7) is 7.84. The summed E-state index contributed by atoms with van der Waals surface area (Å²) < 4.78 is 22.2. The van der Waals surface area contributed by atoms with Crippen LogP contribution in [0, 0.1) is 5.41 Å². The average molecular weight is 607 g/mol. The third kappa shape index (κ3) is 6.00. The minimum atomic E-state index is -0.622. The molecule has 0 radical (unpaired) electrons. The summed E-state index contributed by atoms with van der Waals surface area (Å²) in [6.07, 6.45) is 0.677. The number of para-hydroxylation sites is 2. The number of methoxy groups -OCH3 is 3. The first-order chi connectivity index (χ1) is 21.1. The molecule has 44 heavy (non-hydrogen) atoms. The van der Waals surface area contributed by atoms with Gasteiger partial charge in [0, 0.05) is 43.9 Å². The van der Waals surface area contributed by atoms with E-state index in [1.165, 1.54) is 0 Å². The molecule has 2 aromatic carbocycles. The number of piperazine rings is 1. The zero-order valence-corrected chi connectivity index (χ0v) is 26.4. The highest BCUT2D eigenvalue weighted by molar-refractivity contribution is 6.02. The minimum Gasteiger partial charge on any atom is -0.493 e. The van der Waals surface area contributed by atoms with Gasteiger partial charge in [-0.3, -0.25) is 9.59 Å². The van der Waals surface area contributed by atoms with Crippen LogP contribution in [0.1, 0.15) is 45.2 Å². The molecule has 1 fully saturated rings. The lowest BCUT2D eigenvalue weighted by Gasteiger charge is -2.40. The summed E-state index contributed by atoms with van der Waals surface area (Å²) in [6, 6.07) is 10.9. The normalized spacial score (nSPS) is 19.4. The number of ketones is 1. The molecule has 1 atom stereocenters.